The summed E-state index contributed by atoms with van der Waals surface area (Å²) in [6.07, 6.45) is 1.98. The molecule has 2 aromatic carbocycles. The van der Waals surface area contributed by atoms with E-state index >= 15 is 0 Å². The highest BCUT2D eigenvalue weighted by Crippen LogP contribution is 2.30. The van der Waals surface area contributed by atoms with Gasteiger partial charge in [0.05, 0.1) is 36.7 Å². The molecule has 0 atom stereocenters. The van der Waals surface area contributed by atoms with Crippen molar-refractivity contribution in [2.45, 2.75) is 12.8 Å². The molecule has 0 spiro atoms. The number of halogens is 2. The number of nitrogens with zero attached hydrogens (tertiary/aromatic N) is 2. The first-order valence-electron chi connectivity index (χ1n) is 8.62. The number of rotatable bonds is 5. The van der Waals surface area contributed by atoms with Crippen LogP contribution in [-0.2, 0) is 9.53 Å². The van der Waals surface area contributed by atoms with Gasteiger partial charge in [-0.25, -0.2) is 14.4 Å². The van der Waals surface area contributed by atoms with Gasteiger partial charge in [-0.1, -0.05) is 23.4 Å². The third kappa shape index (κ3) is 4.92. The molecule has 0 radical (unpaired) electrons. The first-order valence-corrected chi connectivity index (χ1v) is 9.00. The summed E-state index contributed by atoms with van der Waals surface area (Å²) in [5.74, 6) is 6.19. The monoisotopic (exact) mass is 413 g/mol. The lowest BCUT2D eigenvalue weighted by Crippen LogP contribution is -1.99. The summed E-state index contributed by atoms with van der Waals surface area (Å²) in [4.78, 5) is 19.8. The average molecular weight is 414 g/mol. The maximum atomic E-state index is 13.4. The summed E-state index contributed by atoms with van der Waals surface area (Å²) in [6.45, 7) is 0. The molecule has 0 aliphatic heterocycles. The maximum Gasteiger partial charge on any atom is 0.306 e. The first kappa shape index (κ1) is 20.4. The SMILES string of the molecule is COC(=O)CCC#Cc1cc2c(Nc3ccc(F)c(Cl)c3)ncnc2cc1OC. The van der Waals surface area contributed by atoms with E-state index in [1.165, 1.54) is 25.6 Å². The number of nitrogens with one attached hydrogen (secondary N) is 1. The lowest BCUT2D eigenvalue weighted by molar-refractivity contribution is -0.140. The summed E-state index contributed by atoms with van der Waals surface area (Å²) in [5.41, 5.74) is 1.85. The van der Waals surface area contributed by atoms with Crippen LogP contribution in [0.3, 0.4) is 0 Å². The van der Waals surface area contributed by atoms with E-state index in [0.29, 0.717) is 40.1 Å². The van der Waals surface area contributed by atoms with Crippen LogP contribution >= 0.6 is 11.6 Å². The molecule has 0 unspecified atom stereocenters. The first-order chi connectivity index (χ1) is 14.0. The summed E-state index contributed by atoms with van der Waals surface area (Å²) in [5, 5.41) is 3.82. The van der Waals surface area contributed by atoms with Gasteiger partial charge in [0, 0.05) is 23.6 Å². The predicted octanol–water partition coefficient (Wildman–Crippen LogP) is 4.48. The molecule has 0 amide bonds. The Morgan fingerprint density at radius 3 is 2.79 bits per heavy atom. The van der Waals surface area contributed by atoms with Crippen LogP contribution in [-0.4, -0.2) is 30.2 Å². The van der Waals surface area contributed by atoms with E-state index in [0.717, 1.165) is 0 Å². The van der Waals surface area contributed by atoms with E-state index in [2.05, 4.69) is 31.9 Å². The highest BCUT2D eigenvalue weighted by atomic mass is 35.5. The topological polar surface area (TPSA) is 73.3 Å². The minimum absolute atomic E-state index is 0.00666. The van der Waals surface area contributed by atoms with Crippen molar-refractivity contribution in [1.29, 1.82) is 0 Å². The number of anilines is 2. The van der Waals surface area contributed by atoms with Gasteiger partial charge in [0.2, 0.25) is 0 Å². The van der Waals surface area contributed by atoms with Gasteiger partial charge in [-0.2, -0.15) is 0 Å². The third-order valence-electron chi connectivity index (χ3n) is 4.04. The van der Waals surface area contributed by atoms with Crippen LogP contribution in [0.15, 0.2) is 36.7 Å². The van der Waals surface area contributed by atoms with Crippen molar-refractivity contribution in [3.63, 3.8) is 0 Å². The normalized spacial score (nSPS) is 10.2. The molecule has 0 fully saturated rings. The van der Waals surface area contributed by atoms with Crippen LogP contribution in [0.25, 0.3) is 10.9 Å². The van der Waals surface area contributed by atoms with E-state index in [9.17, 15) is 9.18 Å². The number of hydrogen-bond acceptors (Lipinski definition) is 6. The molecule has 3 aromatic rings. The molecule has 0 aliphatic carbocycles. The highest BCUT2D eigenvalue weighted by molar-refractivity contribution is 6.31. The van der Waals surface area contributed by atoms with Crippen LogP contribution in [0.1, 0.15) is 18.4 Å². The molecule has 29 heavy (non-hydrogen) atoms. The lowest BCUT2D eigenvalue weighted by atomic mass is 10.1. The van der Waals surface area contributed by atoms with Gasteiger partial charge in [-0.15, -0.1) is 0 Å². The van der Waals surface area contributed by atoms with Gasteiger partial charge in [-0.3, -0.25) is 4.79 Å². The second-order valence-corrected chi connectivity index (χ2v) is 6.33. The Kier molecular flexibility index (Phi) is 6.47. The standard InChI is InChI=1S/C21H17ClFN3O3/c1-28-19-11-18-15(9-13(19)5-3-4-6-20(27)29-2)21(25-12-24-18)26-14-7-8-17(23)16(22)10-14/h7-12H,4,6H2,1-2H3,(H,24,25,26). The average Bonchev–Trinajstić information content (AvgIpc) is 2.73. The van der Waals surface area contributed by atoms with Gasteiger partial charge in [0.25, 0.3) is 0 Å². The number of hydrogen-bond donors (Lipinski definition) is 1. The molecular formula is C21H17ClFN3O3. The third-order valence-corrected chi connectivity index (χ3v) is 4.33. The highest BCUT2D eigenvalue weighted by Gasteiger charge is 2.10. The fourth-order valence-corrected chi connectivity index (χ4v) is 2.77. The second-order valence-electron chi connectivity index (χ2n) is 5.92. The fourth-order valence-electron chi connectivity index (χ4n) is 2.59. The van der Waals surface area contributed by atoms with Crippen molar-refractivity contribution in [3.05, 3.63) is 53.1 Å². The molecule has 8 heteroatoms. The Balaban J connectivity index is 1.96. The molecule has 0 saturated carbocycles. The van der Waals surface area contributed by atoms with Crippen LogP contribution in [0, 0.1) is 17.7 Å². The van der Waals surface area contributed by atoms with Crippen LogP contribution in [0.5, 0.6) is 5.75 Å². The maximum absolute atomic E-state index is 13.4. The number of methoxy groups -OCH3 is 2. The molecule has 0 saturated heterocycles. The Morgan fingerprint density at radius 2 is 2.07 bits per heavy atom. The Hall–Kier alpha value is -3.37. The molecule has 0 bridgehead atoms. The molecule has 6 nitrogen and oxygen atoms in total. The van der Waals surface area contributed by atoms with Crippen molar-refractivity contribution in [2.24, 2.45) is 0 Å². The van der Waals surface area contributed by atoms with Crippen LogP contribution < -0.4 is 10.1 Å². The van der Waals surface area contributed by atoms with Gasteiger partial charge < -0.3 is 14.8 Å². The number of esters is 1. The molecule has 3 rings (SSSR count). The van der Waals surface area contributed by atoms with Crippen molar-refractivity contribution >= 4 is 40.0 Å². The van der Waals surface area contributed by atoms with Gasteiger partial charge in [-0.05, 0) is 24.3 Å². The number of fused-ring (bicyclic) bond motifs is 1. The van der Waals surface area contributed by atoms with E-state index in [1.807, 2.05) is 0 Å². The van der Waals surface area contributed by atoms with E-state index in [-0.39, 0.29) is 17.4 Å². The minimum atomic E-state index is -0.501. The zero-order valence-corrected chi connectivity index (χ0v) is 16.5. The van der Waals surface area contributed by atoms with E-state index < -0.39 is 5.82 Å². The van der Waals surface area contributed by atoms with Crippen molar-refractivity contribution in [1.82, 2.24) is 9.97 Å². The molecule has 0 aliphatic rings. The zero-order chi connectivity index (χ0) is 20.8. The van der Waals surface area contributed by atoms with Crippen LogP contribution in [0.4, 0.5) is 15.9 Å². The number of aromatic nitrogens is 2. The van der Waals surface area contributed by atoms with Crippen LogP contribution in [0.2, 0.25) is 5.02 Å². The van der Waals surface area contributed by atoms with Gasteiger partial charge in [0.1, 0.15) is 23.7 Å². The number of carbonyl (C=O) groups excluding carboxylic acids is 1. The summed E-state index contributed by atoms with van der Waals surface area (Å²) >= 11 is 5.85. The zero-order valence-electron chi connectivity index (χ0n) is 15.8. The van der Waals surface area contributed by atoms with E-state index in [4.69, 9.17) is 16.3 Å². The smallest absolute Gasteiger partial charge is 0.306 e. The largest absolute Gasteiger partial charge is 0.495 e. The molecule has 1 aromatic heterocycles. The Bertz CT molecular complexity index is 1130. The molecular weight excluding hydrogens is 397 g/mol. The molecule has 148 valence electrons. The summed E-state index contributed by atoms with van der Waals surface area (Å²) < 4.78 is 23.4. The lowest BCUT2D eigenvalue weighted by Gasteiger charge is -2.11. The predicted molar refractivity (Wildman–Crippen MR) is 109 cm³/mol. The Morgan fingerprint density at radius 1 is 1.24 bits per heavy atom. The summed E-state index contributed by atoms with van der Waals surface area (Å²) in [6, 6.07) is 7.86. The van der Waals surface area contributed by atoms with Crippen molar-refractivity contribution in [2.75, 3.05) is 19.5 Å². The fraction of sp³-hybridized carbons (Fsp3) is 0.190. The minimum Gasteiger partial charge on any atom is -0.495 e. The number of carbonyl (C=O) groups is 1. The Labute approximate surface area is 172 Å². The van der Waals surface area contributed by atoms with E-state index in [1.54, 1.807) is 25.3 Å². The molecule has 1 N–H and O–H groups in total. The number of ether oxygens (including phenoxy) is 2. The van der Waals surface area contributed by atoms with Gasteiger partial charge in [0.15, 0.2) is 0 Å². The number of benzene rings is 2. The quantitative estimate of drug-likeness (QED) is 0.491. The van der Waals surface area contributed by atoms with Gasteiger partial charge >= 0.3 is 5.97 Å². The summed E-state index contributed by atoms with van der Waals surface area (Å²) in [7, 11) is 2.88. The van der Waals surface area contributed by atoms with Crippen molar-refractivity contribution in [3.8, 4) is 17.6 Å². The molecule has 1 heterocycles. The van der Waals surface area contributed by atoms with Crippen molar-refractivity contribution < 1.29 is 18.7 Å². The second kappa shape index (κ2) is 9.22.